The lowest BCUT2D eigenvalue weighted by atomic mass is 10.00. The van der Waals surface area contributed by atoms with Gasteiger partial charge in [0.25, 0.3) is 0 Å². The molecule has 2 aromatic rings. The van der Waals surface area contributed by atoms with Crippen molar-refractivity contribution < 1.29 is 9.21 Å². The second-order valence-electron chi connectivity index (χ2n) is 3.82. The normalized spacial score (nSPS) is 10.4. The summed E-state index contributed by atoms with van der Waals surface area (Å²) in [6, 6.07) is 11.1. The fourth-order valence-electron chi connectivity index (χ4n) is 1.76. The van der Waals surface area contributed by atoms with E-state index in [1.165, 1.54) is 6.26 Å². The van der Waals surface area contributed by atoms with E-state index in [0.29, 0.717) is 5.76 Å². The van der Waals surface area contributed by atoms with Gasteiger partial charge in [-0.25, -0.2) is 0 Å². The lowest BCUT2D eigenvalue weighted by Gasteiger charge is -2.06. The van der Waals surface area contributed by atoms with Crippen molar-refractivity contribution in [3.63, 3.8) is 0 Å². The number of carbonyl (C=O) groups excluding carboxylic acids is 1. The summed E-state index contributed by atoms with van der Waals surface area (Å²) in [5.41, 5.74) is 1.76. The Hall–Kier alpha value is -1.87. The first kappa shape index (κ1) is 11.6. The van der Waals surface area contributed by atoms with Crippen molar-refractivity contribution in [2.24, 2.45) is 0 Å². The highest BCUT2D eigenvalue weighted by atomic mass is 16.3. The van der Waals surface area contributed by atoms with E-state index < -0.39 is 0 Å². The third-order valence-corrected chi connectivity index (χ3v) is 2.65. The van der Waals surface area contributed by atoms with Crippen molar-refractivity contribution in [2.75, 3.05) is 13.6 Å². The SMILES string of the molecule is CNCCc1ccccc1C(=O)c1ccco1. The average Bonchev–Trinajstić information content (AvgIpc) is 2.89. The molecule has 1 heterocycles. The predicted octanol–water partition coefficient (Wildman–Crippen LogP) is 2.27. The molecule has 0 saturated carbocycles. The largest absolute Gasteiger partial charge is 0.461 e. The molecule has 88 valence electrons. The molecule has 1 aromatic carbocycles. The van der Waals surface area contributed by atoms with Gasteiger partial charge < -0.3 is 9.73 Å². The molecule has 1 aromatic heterocycles. The third-order valence-electron chi connectivity index (χ3n) is 2.65. The van der Waals surface area contributed by atoms with Crippen LogP contribution >= 0.6 is 0 Å². The number of benzene rings is 1. The fourth-order valence-corrected chi connectivity index (χ4v) is 1.76. The third kappa shape index (κ3) is 2.63. The summed E-state index contributed by atoms with van der Waals surface area (Å²) in [5, 5.41) is 3.08. The predicted molar refractivity (Wildman–Crippen MR) is 66.2 cm³/mol. The van der Waals surface area contributed by atoms with E-state index >= 15 is 0 Å². The molecule has 3 heteroatoms. The number of rotatable bonds is 5. The molecule has 0 fully saturated rings. The van der Waals surface area contributed by atoms with Crippen LogP contribution in [-0.4, -0.2) is 19.4 Å². The average molecular weight is 229 g/mol. The molecular formula is C14H15NO2. The topological polar surface area (TPSA) is 42.2 Å². The first-order valence-corrected chi connectivity index (χ1v) is 5.63. The van der Waals surface area contributed by atoms with Crippen LogP contribution in [0.25, 0.3) is 0 Å². The number of hydrogen-bond acceptors (Lipinski definition) is 3. The van der Waals surface area contributed by atoms with Crippen LogP contribution in [0.2, 0.25) is 0 Å². The van der Waals surface area contributed by atoms with Gasteiger partial charge in [0.15, 0.2) is 5.76 Å². The van der Waals surface area contributed by atoms with Gasteiger partial charge in [-0.3, -0.25) is 4.79 Å². The van der Waals surface area contributed by atoms with Gasteiger partial charge in [0.2, 0.25) is 5.78 Å². The molecule has 2 rings (SSSR count). The fraction of sp³-hybridized carbons (Fsp3) is 0.214. The molecule has 0 bridgehead atoms. The summed E-state index contributed by atoms with van der Waals surface area (Å²) in [6.07, 6.45) is 2.35. The maximum Gasteiger partial charge on any atom is 0.228 e. The van der Waals surface area contributed by atoms with Gasteiger partial charge in [0.1, 0.15) is 0 Å². The quantitative estimate of drug-likeness (QED) is 0.800. The Morgan fingerprint density at radius 2 is 2.06 bits per heavy atom. The summed E-state index contributed by atoms with van der Waals surface area (Å²) in [4.78, 5) is 12.2. The van der Waals surface area contributed by atoms with Gasteiger partial charge in [-0.2, -0.15) is 0 Å². The van der Waals surface area contributed by atoms with E-state index in [2.05, 4.69) is 5.32 Å². The van der Waals surface area contributed by atoms with Crippen molar-refractivity contribution in [2.45, 2.75) is 6.42 Å². The van der Waals surface area contributed by atoms with Crippen LogP contribution in [-0.2, 0) is 6.42 Å². The van der Waals surface area contributed by atoms with Crippen LogP contribution in [0.1, 0.15) is 21.7 Å². The number of likely N-dealkylation sites (N-methyl/N-ethyl adjacent to an activating group) is 1. The zero-order chi connectivity index (χ0) is 12.1. The molecule has 17 heavy (non-hydrogen) atoms. The van der Waals surface area contributed by atoms with Gasteiger partial charge in [-0.1, -0.05) is 24.3 Å². The molecule has 0 atom stereocenters. The van der Waals surface area contributed by atoms with Crippen molar-refractivity contribution in [1.29, 1.82) is 0 Å². The van der Waals surface area contributed by atoms with Crippen molar-refractivity contribution in [3.8, 4) is 0 Å². The molecule has 0 spiro atoms. The number of ketones is 1. The Kier molecular flexibility index (Phi) is 3.73. The molecule has 0 unspecified atom stereocenters. The summed E-state index contributed by atoms with van der Waals surface area (Å²) in [5.74, 6) is 0.337. The Morgan fingerprint density at radius 3 is 2.76 bits per heavy atom. The molecule has 1 N–H and O–H groups in total. The molecule has 3 nitrogen and oxygen atoms in total. The highest BCUT2D eigenvalue weighted by molar-refractivity contribution is 6.08. The van der Waals surface area contributed by atoms with Crippen LogP contribution in [0.15, 0.2) is 47.1 Å². The molecule has 0 amide bonds. The van der Waals surface area contributed by atoms with Crippen molar-refractivity contribution in [3.05, 3.63) is 59.5 Å². The Balaban J connectivity index is 2.28. The molecular weight excluding hydrogens is 214 g/mol. The van der Waals surface area contributed by atoms with E-state index in [1.54, 1.807) is 12.1 Å². The summed E-state index contributed by atoms with van der Waals surface area (Å²) < 4.78 is 5.14. The first-order chi connectivity index (χ1) is 8.33. The molecule has 0 aliphatic rings. The van der Waals surface area contributed by atoms with Crippen LogP contribution in [0, 0.1) is 0 Å². The van der Waals surface area contributed by atoms with Crippen molar-refractivity contribution >= 4 is 5.78 Å². The first-order valence-electron chi connectivity index (χ1n) is 5.63. The smallest absolute Gasteiger partial charge is 0.228 e. The van der Waals surface area contributed by atoms with E-state index in [-0.39, 0.29) is 5.78 Å². The van der Waals surface area contributed by atoms with Crippen LogP contribution in [0.5, 0.6) is 0 Å². The highest BCUT2D eigenvalue weighted by Crippen LogP contribution is 2.15. The zero-order valence-electron chi connectivity index (χ0n) is 9.77. The van der Waals surface area contributed by atoms with Gasteiger partial charge in [-0.05, 0) is 37.7 Å². The van der Waals surface area contributed by atoms with Gasteiger partial charge >= 0.3 is 0 Å². The second-order valence-corrected chi connectivity index (χ2v) is 3.82. The van der Waals surface area contributed by atoms with Crippen LogP contribution in [0.3, 0.4) is 0 Å². The van der Waals surface area contributed by atoms with E-state index in [0.717, 1.165) is 24.1 Å². The van der Waals surface area contributed by atoms with Gasteiger partial charge in [0, 0.05) is 5.56 Å². The zero-order valence-corrected chi connectivity index (χ0v) is 9.77. The second kappa shape index (κ2) is 5.46. The van der Waals surface area contributed by atoms with E-state index in [9.17, 15) is 4.79 Å². The number of carbonyl (C=O) groups is 1. The molecule has 0 aliphatic carbocycles. The molecule has 0 saturated heterocycles. The monoisotopic (exact) mass is 229 g/mol. The molecule has 0 aliphatic heterocycles. The highest BCUT2D eigenvalue weighted by Gasteiger charge is 2.14. The number of hydrogen-bond donors (Lipinski definition) is 1. The van der Waals surface area contributed by atoms with Crippen LogP contribution < -0.4 is 5.32 Å². The Morgan fingerprint density at radius 1 is 1.24 bits per heavy atom. The maximum atomic E-state index is 12.2. The minimum absolute atomic E-state index is 0.0540. The number of nitrogens with one attached hydrogen (secondary N) is 1. The standard InChI is InChI=1S/C14H15NO2/c1-15-9-8-11-5-2-3-6-12(11)14(16)13-7-4-10-17-13/h2-7,10,15H,8-9H2,1H3. The Labute approximate surface area is 100 Å². The van der Waals surface area contributed by atoms with E-state index in [4.69, 9.17) is 4.42 Å². The lowest BCUT2D eigenvalue weighted by molar-refractivity contribution is 0.101. The lowest BCUT2D eigenvalue weighted by Crippen LogP contribution is -2.13. The molecule has 0 radical (unpaired) electrons. The number of furan rings is 1. The maximum absolute atomic E-state index is 12.2. The minimum atomic E-state index is -0.0540. The van der Waals surface area contributed by atoms with E-state index in [1.807, 2.05) is 31.3 Å². The van der Waals surface area contributed by atoms with Gasteiger partial charge in [-0.15, -0.1) is 0 Å². The summed E-state index contributed by atoms with van der Waals surface area (Å²) >= 11 is 0. The minimum Gasteiger partial charge on any atom is -0.461 e. The van der Waals surface area contributed by atoms with Crippen LogP contribution in [0.4, 0.5) is 0 Å². The van der Waals surface area contributed by atoms with Crippen molar-refractivity contribution in [1.82, 2.24) is 5.32 Å². The van der Waals surface area contributed by atoms with Gasteiger partial charge in [0.05, 0.1) is 6.26 Å². The Bertz CT molecular complexity index is 489. The summed E-state index contributed by atoms with van der Waals surface area (Å²) in [6.45, 7) is 0.850. The summed E-state index contributed by atoms with van der Waals surface area (Å²) in [7, 11) is 1.90.